The summed E-state index contributed by atoms with van der Waals surface area (Å²) in [5.74, 6) is 0. The van der Waals surface area contributed by atoms with Crippen molar-refractivity contribution in [1.29, 1.82) is 0 Å². The number of halogens is 1. The van der Waals surface area contributed by atoms with E-state index in [1.807, 2.05) is 12.1 Å². The van der Waals surface area contributed by atoms with Crippen LogP contribution in [0, 0.1) is 6.92 Å². The Bertz CT molecular complexity index is 425. The van der Waals surface area contributed by atoms with Gasteiger partial charge >= 0.3 is 0 Å². The molecule has 3 heteroatoms. The van der Waals surface area contributed by atoms with Crippen molar-refractivity contribution in [2.75, 3.05) is 0 Å². The van der Waals surface area contributed by atoms with Gasteiger partial charge in [0.15, 0.2) is 0 Å². The van der Waals surface area contributed by atoms with Gasteiger partial charge in [0.1, 0.15) is 0 Å². The number of aryl methyl sites for hydroxylation is 1. The van der Waals surface area contributed by atoms with Crippen LogP contribution in [-0.4, -0.2) is 10.2 Å². The molecule has 1 aromatic carbocycles. The number of aromatic nitrogens is 2. The molecule has 0 N–H and O–H groups in total. The van der Waals surface area contributed by atoms with Crippen molar-refractivity contribution >= 4 is 11.6 Å². The standard InChI is InChI=1S/C12H11ClN2/c1-9-3-2-4-10(5-9)6-12-7-11(13)8-14-15-12/h2-5,7-8H,6H2,1H3. The van der Waals surface area contributed by atoms with Gasteiger partial charge in [0.2, 0.25) is 0 Å². The topological polar surface area (TPSA) is 25.8 Å². The molecule has 1 aromatic heterocycles. The van der Waals surface area contributed by atoms with Crippen LogP contribution in [0.5, 0.6) is 0 Å². The predicted molar refractivity (Wildman–Crippen MR) is 61.0 cm³/mol. The number of hydrogen-bond acceptors (Lipinski definition) is 2. The maximum absolute atomic E-state index is 5.84. The molecule has 0 unspecified atom stereocenters. The molecule has 2 aromatic rings. The highest BCUT2D eigenvalue weighted by atomic mass is 35.5. The monoisotopic (exact) mass is 218 g/mol. The molecule has 0 aliphatic carbocycles. The molecule has 0 atom stereocenters. The zero-order valence-corrected chi connectivity index (χ0v) is 9.20. The summed E-state index contributed by atoms with van der Waals surface area (Å²) < 4.78 is 0. The summed E-state index contributed by atoms with van der Waals surface area (Å²) in [5.41, 5.74) is 3.38. The lowest BCUT2D eigenvalue weighted by molar-refractivity contribution is 0.936. The maximum atomic E-state index is 5.84. The van der Waals surface area contributed by atoms with Crippen LogP contribution >= 0.6 is 11.6 Å². The fraction of sp³-hybridized carbons (Fsp3) is 0.167. The van der Waals surface area contributed by atoms with Gasteiger partial charge < -0.3 is 0 Å². The summed E-state index contributed by atoms with van der Waals surface area (Å²) in [6.45, 7) is 2.08. The molecule has 15 heavy (non-hydrogen) atoms. The lowest BCUT2D eigenvalue weighted by atomic mass is 10.1. The Morgan fingerprint density at radius 3 is 2.87 bits per heavy atom. The number of nitrogens with zero attached hydrogens (tertiary/aromatic N) is 2. The molecule has 0 amide bonds. The van der Waals surface area contributed by atoms with Crippen LogP contribution < -0.4 is 0 Å². The number of rotatable bonds is 2. The first-order valence-corrected chi connectivity index (χ1v) is 5.14. The van der Waals surface area contributed by atoms with E-state index < -0.39 is 0 Å². The van der Waals surface area contributed by atoms with E-state index >= 15 is 0 Å². The van der Waals surface area contributed by atoms with Crippen molar-refractivity contribution in [3.63, 3.8) is 0 Å². The first-order valence-electron chi connectivity index (χ1n) is 4.77. The van der Waals surface area contributed by atoms with Gasteiger partial charge in [0, 0.05) is 6.42 Å². The highest BCUT2D eigenvalue weighted by molar-refractivity contribution is 6.30. The fourth-order valence-corrected chi connectivity index (χ4v) is 1.67. The van der Waals surface area contributed by atoms with Crippen molar-refractivity contribution in [3.8, 4) is 0 Å². The number of hydrogen-bond donors (Lipinski definition) is 0. The van der Waals surface area contributed by atoms with Crippen molar-refractivity contribution in [2.45, 2.75) is 13.3 Å². The molecule has 0 bridgehead atoms. The maximum Gasteiger partial charge on any atom is 0.0689 e. The van der Waals surface area contributed by atoms with Crippen molar-refractivity contribution in [2.24, 2.45) is 0 Å². The van der Waals surface area contributed by atoms with Crippen LogP contribution in [0.15, 0.2) is 36.5 Å². The highest BCUT2D eigenvalue weighted by Gasteiger charge is 1.99. The smallest absolute Gasteiger partial charge is 0.0689 e. The van der Waals surface area contributed by atoms with Gasteiger partial charge in [-0.2, -0.15) is 10.2 Å². The largest absolute Gasteiger partial charge is 0.157 e. The second kappa shape index (κ2) is 4.41. The highest BCUT2D eigenvalue weighted by Crippen LogP contribution is 2.12. The number of benzene rings is 1. The molecule has 2 rings (SSSR count). The third-order valence-corrected chi connectivity index (χ3v) is 2.35. The molecule has 0 fully saturated rings. The molecule has 0 radical (unpaired) electrons. The Balaban J connectivity index is 2.22. The van der Waals surface area contributed by atoms with Crippen LogP contribution in [-0.2, 0) is 6.42 Å². The van der Waals surface area contributed by atoms with Gasteiger partial charge in [0.05, 0.1) is 16.9 Å². The Kier molecular flexibility index (Phi) is 2.97. The van der Waals surface area contributed by atoms with Crippen LogP contribution in [0.2, 0.25) is 5.02 Å². The summed E-state index contributed by atoms with van der Waals surface area (Å²) in [6.07, 6.45) is 2.32. The predicted octanol–water partition coefficient (Wildman–Crippen LogP) is 3.03. The van der Waals surface area contributed by atoms with Crippen LogP contribution in [0.3, 0.4) is 0 Å². The third kappa shape index (κ3) is 2.77. The van der Waals surface area contributed by atoms with Crippen molar-refractivity contribution in [1.82, 2.24) is 10.2 Å². The Morgan fingerprint density at radius 2 is 2.13 bits per heavy atom. The molecule has 0 aliphatic rings. The molecule has 0 saturated carbocycles. The van der Waals surface area contributed by atoms with E-state index in [2.05, 4.69) is 35.3 Å². The summed E-state index contributed by atoms with van der Waals surface area (Å²) in [6, 6.07) is 10.2. The quantitative estimate of drug-likeness (QED) is 0.775. The van der Waals surface area contributed by atoms with Gasteiger partial charge in [-0.1, -0.05) is 41.4 Å². The fourth-order valence-electron chi connectivity index (χ4n) is 1.50. The zero-order valence-electron chi connectivity index (χ0n) is 8.44. The Labute approximate surface area is 93.9 Å². The lowest BCUT2D eigenvalue weighted by Crippen LogP contribution is -1.94. The van der Waals surface area contributed by atoms with Crippen LogP contribution in [0.4, 0.5) is 0 Å². The molecule has 0 saturated heterocycles. The summed E-state index contributed by atoms with van der Waals surface area (Å²) in [7, 11) is 0. The molecule has 0 aliphatic heterocycles. The molecule has 2 nitrogen and oxygen atoms in total. The lowest BCUT2D eigenvalue weighted by Gasteiger charge is -2.01. The van der Waals surface area contributed by atoms with Gasteiger partial charge in [-0.3, -0.25) is 0 Å². The first-order chi connectivity index (χ1) is 7.24. The average Bonchev–Trinajstić information content (AvgIpc) is 2.17. The van der Waals surface area contributed by atoms with E-state index in [4.69, 9.17) is 11.6 Å². The van der Waals surface area contributed by atoms with Gasteiger partial charge in [-0.05, 0) is 18.6 Å². The first kappa shape index (κ1) is 10.1. The van der Waals surface area contributed by atoms with Gasteiger partial charge in [-0.15, -0.1) is 0 Å². The summed E-state index contributed by atoms with van der Waals surface area (Å²) in [5, 5.41) is 8.48. The van der Waals surface area contributed by atoms with Gasteiger partial charge in [0.25, 0.3) is 0 Å². The van der Waals surface area contributed by atoms with E-state index in [9.17, 15) is 0 Å². The molecular formula is C12H11ClN2. The van der Waals surface area contributed by atoms with Crippen LogP contribution in [0.25, 0.3) is 0 Å². The second-order valence-corrected chi connectivity index (χ2v) is 3.97. The van der Waals surface area contributed by atoms with Crippen molar-refractivity contribution < 1.29 is 0 Å². The van der Waals surface area contributed by atoms with E-state index in [-0.39, 0.29) is 0 Å². The van der Waals surface area contributed by atoms with E-state index in [1.54, 1.807) is 6.20 Å². The molecule has 1 heterocycles. The minimum absolute atomic E-state index is 0.632. The minimum atomic E-state index is 0.632. The minimum Gasteiger partial charge on any atom is -0.157 e. The normalized spacial score (nSPS) is 10.3. The molecule has 76 valence electrons. The average molecular weight is 219 g/mol. The van der Waals surface area contributed by atoms with Crippen LogP contribution in [0.1, 0.15) is 16.8 Å². The summed E-state index contributed by atoms with van der Waals surface area (Å²) in [4.78, 5) is 0. The second-order valence-electron chi connectivity index (χ2n) is 3.53. The Morgan fingerprint density at radius 1 is 1.27 bits per heavy atom. The van der Waals surface area contributed by atoms with Gasteiger partial charge in [-0.25, -0.2) is 0 Å². The summed E-state index contributed by atoms with van der Waals surface area (Å²) >= 11 is 5.84. The Hall–Kier alpha value is -1.41. The zero-order chi connectivity index (χ0) is 10.7. The SMILES string of the molecule is Cc1cccc(Cc2cc(Cl)cnn2)c1. The molecular weight excluding hydrogens is 208 g/mol. The third-order valence-electron chi connectivity index (χ3n) is 2.14. The molecule has 0 spiro atoms. The van der Waals surface area contributed by atoms with Crippen molar-refractivity contribution in [3.05, 3.63) is 58.4 Å². The van der Waals surface area contributed by atoms with E-state index in [1.165, 1.54) is 11.1 Å². The van der Waals surface area contributed by atoms with E-state index in [0.717, 1.165) is 12.1 Å². The van der Waals surface area contributed by atoms with E-state index in [0.29, 0.717) is 5.02 Å².